The quantitative estimate of drug-likeness (QED) is 0.558. The van der Waals surface area contributed by atoms with Crippen molar-refractivity contribution in [1.82, 2.24) is 20.3 Å². The van der Waals surface area contributed by atoms with Gasteiger partial charge in [-0.1, -0.05) is 66.7 Å². The second-order valence-electron chi connectivity index (χ2n) is 6.95. The standard InChI is InChI=1S/C23H22N4O/c1-17(19-7-3-2-4-8-19)15-24-23(28)20-13-11-18(12-14-20)16-27-22-10-6-5-9-21(22)25-26-27/h2-14,17H,15-16H2,1H3,(H,24,28)/t17-/m0/s1. The summed E-state index contributed by atoms with van der Waals surface area (Å²) in [6, 6.07) is 25.7. The lowest BCUT2D eigenvalue weighted by molar-refractivity contribution is 0.0951. The Hall–Kier alpha value is -3.47. The number of carbonyl (C=O) groups excluding carboxylic acids is 1. The van der Waals surface area contributed by atoms with Gasteiger partial charge in [0.2, 0.25) is 0 Å². The molecule has 0 aliphatic heterocycles. The average Bonchev–Trinajstić information content (AvgIpc) is 3.16. The number of rotatable bonds is 6. The summed E-state index contributed by atoms with van der Waals surface area (Å²) >= 11 is 0. The molecule has 4 aromatic rings. The van der Waals surface area contributed by atoms with Crippen molar-refractivity contribution in [2.45, 2.75) is 19.4 Å². The second-order valence-corrected chi connectivity index (χ2v) is 6.95. The minimum atomic E-state index is -0.0551. The van der Waals surface area contributed by atoms with E-state index in [9.17, 15) is 4.79 Å². The SMILES string of the molecule is C[C@@H](CNC(=O)c1ccc(Cn2nnc3ccccc32)cc1)c1ccccc1. The number of nitrogens with zero attached hydrogens (tertiary/aromatic N) is 3. The summed E-state index contributed by atoms with van der Waals surface area (Å²) in [5, 5.41) is 11.4. The Bertz CT molecular complexity index is 1070. The van der Waals surface area contributed by atoms with Gasteiger partial charge in [-0.05, 0) is 41.3 Å². The predicted molar refractivity (Wildman–Crippen MR) is 110 cm³/mol. The van der Waals surface area contributed by atoms with Crippen LogP contribution in [0.3, 0.4) is 0 Å². The summed E-state index contributed by atoms with van der Waals surface area (Å²) < 4.78 is 1.87. The van der Waals surface area contributed by atoms with Gasteiger partial charge in [-0.25, -0.2) is 4.68 Å². The lowest BCUT2D eigenvalue weighted by Gasteiger charge is -2.13. The Kier molecular flexibility index (Phi) is 5.15. The molecule has 0 unspecified atom stereocenters. The van der Waals surface area contributed by atoms with Crippen molar-refractivity contribution in [1.29, 1.82) is 0 Å². The third-order valence-corrected chi connectivity index (χ3v) is 4.91. The third kappa shape index (κ3) is 3.93. The Labute approximate surface area is 164 Å². The number of carbonyl (C=O) groups is 1. The molecule has 1 N–H and O–H groups in total. The van der Waals surface area contributed by atoms with Crippen LogP contribution in [0.1, 0.15) is 34.3 Å². The van der Waals surface area contributed by atoms with E-state index in [1.54, 1.807) is 0 Å². The number of amides is 1. The normalized spacial score (nSPS) is 12.0. The Morgan fingerprint density at radius 3 is 2.46 bits per heavy atom. The molecule has 0 saturated heterocycles. The van der Waals surface area contributed by atoms with E-state index < -0.39 is 0 Å². The zero-order chi connectivity index (χ0) is 19.3. The molecule has 5 nitrogen and oxygen atoms in total. The summed E-state index contributed by atoms with van der Waals surface area (Å²) in [5.74, 6) is 0.213. The van der Waals surface area contributed by atoms with Gasteiger partial charge in [0.25, 0.3) is 5.91 Å². The highest BCUT2D eigenvalue weighted by molar-refractivity contribution is 5.94. The Morgan fingerprint density at radius 2 is 1.68 bits per heavy atom. The summed E-state index contributed by atoms with van der Waals surface area (Å²) in [5.41, 5.74) is 4.83. The van der Waals surface area contributed by atoms with E-state index in [0.717, 1.165) is 16.6 Å². The highest BCUT2D eigenvalue weighted by Crippen LogP contribution is 2.15. The van der Waals surface area contributed by atoms with Crippen molar-refractivity contribution < 1.29 is 4.79 Å². The van der Waals surface area contributed by atoms with E-state index in [0.29, 0.717) is 18.7 Å². The van der Waals surface area contributed by atoms with Crippen LogP contribution in [0.2, 0.25) is 0 Å². The molecule has 1 heterocycles. The Morgan fingerprint density at radius 1 is 0.964 bits per heavy atom. The van der Waals surface area contributed by atoms with Crippen LogP contribution in [0.15, 0.2) is 78.9 Å². The fraction of sp³-hybridized carbons (Fsp3) is 0.174. The maximum atomic E-state index is 12.4. The van der Waals surface area contributed by atoms with Crippen molar-refractivity contribution in [3.05, 3.63) is 95.6 Å². The van der Waals surface area contributed by atoms with E-state index in [1.165, 1.54) is 5.56 Å². The minimum absolute atomic E-state index is 0.0551. The van der Waals surface area contributed by atoms with Crippen molar-refractivity contribution in [3.8, 4) is 0 Å². The molecule has 1 atom stereocenters. The topological polar surface area (TPSA) is 59.8 Å². The van der Waals surface area contributed by atoms with E-state index in [-0.39, 0.29) is 11.8 Å². The summed E-state index contributed by atoms with van der Waals surface area (Å²) in [7, 11) is 0. The maximum absolute atomic E-state index is 12.4. The van der Waals surface area contributed by atoms with Gasteiger partial charge < -0.3 is 5.32 Å². The number of para-hydroxylation sites is 1. The smallest absolute Gasteiger partial charge is 0.251 e. The second kappa shape index (κ2) is 8.05. The predicted octanol–water partition coefficient (Wildman–Crippen LogP) is 4.01. The molecule has 140 valence electrons. The number of nitrogens with one attached hydrogen (secondary N) is 1. The zero-order valence-electron chi connectivity index (χ0n) is 15.7. The molecule has 0 aliphatic rings. The number of aromatic nitrogens is 3. The highest BCUT2D eigenvalue weighted by atomic mass is 16.1. The summed E-state index contributed by atoms with van der Waals surface area (Å²) in [6.45, 7) is 3.34. The van der Waals surface area contributed by atoms with Crippen LogP contribution in [0.5, 0.6) is 0 Å². The summed E-state index contributed by atoms with van der Waals surface area (Å²) in [4.78, 5) is 12.4. The van der Waals surface area contributed by atoms with Crippen molar-refractivity contribution in [2.24, 2.45) is 0 Å². The lowest BCUT2D eigenvalue weighted by Crippen LogP contribution is -2.27. The molecule has 0 aliphatic carbocycles. The monoisotopic (exact) mass is 370 g/mol. The molecule has 3 aromatic carbocycles. The minimum Gasteiger partial charge on any atom is -0.351 e. The van der Waals surface area contributed by atoms with Crippen molar-refractivity contribution in [2.75, 3.05) is 6.54 Å². The number of hydrogen-bond donors (Lipinski definition) is 1. The first-order valence-corrected chi connectivity index (χ1v) is 9.41. The number of benzene rings is 3. The highest BCUT2D eigenvalue weighted by Gasteiger charge is 2.10. The molecule has 0 saturated carbocycles. The first kappa shape index (κ1) is 17.9. The number of fused-ring (bicyclic) bond motifs is 1. The first-order valence-electron chi connectivity index (χ1n) is 9.41. The number of hydrogen-bond acceptors (Lipinski definition) is 3. The largest absolute Gasteiger partial charge is 0.351 e. The van der Waals surface area contributed by atoms with Crippen LogP contribution in [0.25, 0.3) is 11.0 Å². The molecular formula is C23H22N4O. The van der Waals surface area contributed by atoms with Gasteiger partial charge in [0, 0.05) is 12.1 Å². The van der Waals surface area contributed by atoms with Gasteiger partial charge in [0.05, 0.1) is 12.1 Å². The van der Waals surface area contributed by atoms with Gasteiger partial charge in [0.1, 0.15) is 5.52 Å². The molecule has 4 rings (SSSR count). The van der Waals surface area contributed by atoms with Crippen LogP contribution in [0.4, 0.5) is 0 Å². The fourth-order valence-electron chi connectivity index (χ4n) is 3.22. The van der Waals surface area contributed by atoms with Crippen LogP contribution >= 0.6 is 0 Å². The average molecular weight is 370 g/mol. The zero-order valence-corrected chi connectivity index (χ0v) is 15.7. The molecular weight excluding hydrogens is 348 g/mol. The van der Waals surface area contributed by atoms with Crippen LogP contribution in [0, 0.1) is 0 Å². The molecule has 0 radical (unpaired) electrons. The van der Waals surface area contributed by atoms with Crippen LogP contribution < -0.4 is 5.32 Å². The van der Waals surface area contributed by atoms with Crippen LogP contribution in [-0.4, -0.2) is 27.4 Å². The van der Waals surface area contributed by atoms with Crippen molar-refractivity contribution in [3.63, 3.8) is 0 Å². The molecule has 0 bridgehead atoms. The third-order valence-electron chi connectivity index (χ3n) is 4.91. The van der Waals surface area contributed by atoms with Crippen LogP contribution in [-0.2, 0) is 6.54 Å². The first-order chi connectivity index (χ1) is 13.7. The summed E-state index contributed by atoms with van der Waals surface area (Å²) in [6.07, 6.45) is 0. The Balaban J connectivity index is 1.38. The van der Waals surface area contributed by atoms with Gasteiger partial charge in [-0.3, -0.25) is 4.79 Å². The molecule has 5 heteroatoms. The molecule has 1 amide bonds. The maximum Gasteiger partial charge on any atom is 0.251 e. The van der Waals surface area contributed by atoms with E-state index in [2.05, 4.69) is 34.7 Å². The lowest BCUT2D eigenvalue weighted by atomic mass is 10.0. The van der Waals surface area contributed by atoms with Gasteiger partial charge in [0.15, 0.2) is 0 Å². The van der Waals surface area contributed by atoms with Gasteiger partial charge in [-0.15, -0.1) is 5.10 Å². The van der Waals surface area contributed by atoms with E-state index in [1.807, 2.05) is 71.4 Å². The van der Waals surface area contributed by atoms with E-state index in [4.69, 9.17) is 0 Å². The molecule has 28 heavy (non-hydrogen) atoms. The van der Waals surface area contributed by atoms with Gasteiger partial charge in [-0.2, -0.15) is 0 Å². The molecule has 0 spiro atoms. The van der Waals surface area contributed by atoms with Crippen molar-refractivity contribution >= 4 is 16.9 Å². The molecule has 1 aromatic heterocycles. The van der Waals surface area contributed by atoms with Gasteiger partial charge >= 0.3 is 0 Å². The van der Waals surface area contributed by atoms with E-state index >= 15 is 0 Å². The molecule has 0 fully saturated rings. The fourth-order valence-corrected chi connectivity index (χ4v) is 3.22.